The first-order valence-corrected chi connectivity index (χ1v) is 7.21. The molecule has 4 rings (SSSR count). The Morgan fingerprint density at radius 1 is 1.26 bits per heavy atom. The van der Waals surface area contributed by atoms with Crippen molar-refractivity contribution < 1.29 is 4.79 Å². The molecule has 0 spiro atoms. The van der Waals surface area contributed by atoms with Gasteiger partial charge in [-0.05, 0) is 24.3 Å². The normalized spacial score (nSPS) is 24.3. The van der Waals surface area contributed by atoms with Gasteiger partial charge in [0.25, 0.3) is 5.91 Å². The number of nitrogens with zero attached hydrogens (tertiary/aromatic N) is 4. The van der Waals surface area contributed by atoms with Crippen LogP contribution in [0, 0.1) is 11.8 Å². The molecule has 0 aromatic carbocycles. The second-order valence-electron chi connectivity index (χ2n) is 5.08. The minimum absolute atomic E-state index is 0.0469. The van der Waals surface area contributed by atoms with Crippen LogP contribution in [0.4, 0.5) is 0 Å². The van der Waals surface area contributed by atoms with E-state index in [0.717, 1.165) is 24.9 Å². The zero-order chi connectivity index (χ0) is 12.8. The maximum Gasteiger partial charge on any atom is 0.273 e. The Kier molecular flexibility index (Phi) is 2.38. The zero-order valence-electron chi connectivity index (χ0n) is 10.2. The Hall–Kier alpha value is -1.82. The third-order valence-electron chi connectivity index (χ3n) is 3.75. The highest BCUT2D eigenvalue weighted by Crippen LogP contribution is 2.45. The van der Waals surface area contributed by atoms with Crippen molar-refractivity contribution in [1.82, 2.24) is 19.9 Å². The fourth-order valence-corrected chi connectivity index (χ4v) is 3.35. The van der Waals surface area contributed by atoms with Crippen LogP contribution >= 0.6 is 11.3 Å². The summed E-state index contributed by atoms with van der Waals surface area (Å²) in [6.07, 6.45) is 4.66. The van der Waals surface area contributed by atoms with E-state index in [1.165, 1.54) is 17.8 Å². The van der Waals surface area contributed by atoms with Crippen LogP contribution in [0.5, 0.6) is 0 Å². The highest BCUT2D eigenvalue weighted by Gasteiger charge is 2.46. The number of rotatable bonds is 2. The number of carbonyl (C=O) groups excluding carboxylic acids is 1. The van der Waals surface area contributed by atoms with Crippen molar-refractivity contribution in [3.63, 3.8) is 0 Å². The first-order chi connectivity index (χ1) is 9.31. The molecule has 1 saturated carbocycles. The highest BCUT2D eigenvalue weighted by atomic mass is 32.1. The van der Waals surface area contributed by atoms with Crippen LogP contribution < -0.4 is 0 Å². The van der Waals surface area contributed by atoms with Crippen LogP contribution in [-0.2, 0) is 0 Å². The summed E-state index contributed by atoms with van der Waals surface area (Å²) in [7, 11) is 0. The summed E-state index contributed by atoms with van der Waals surface area (Å²) in [4.78, 5) is 26.9. The molecule has 5 nitrogen and oxygen atoms in total. The number of hydrogen-bond donors (Lipinski definition) is 0. The average Bonchev–Trinajstić information content (AvgIpc) is 2.91. The highest BCUT2D eigenvalue weighted by molar-refractivity contribution is 7.13. The molecule has 2 atom stereocenters. The number of carbonyl (C=O) groups is 1. The van der Waals surface area contributed by atoms with Crippen molar-refractivity contribution in [2.75, 3.05) is 13.1 Å². The lowest BCUT2D eigenvalue weighted by Crippen LogP contribution is -2.30. The van der Waals surface area contributed by atoms with Gasteiger partial charge in [0, 0.05) is 30.9 Å². The lowest BCUT2D eigenvalue weighted by Gasteiger charge is -2.15. The Labute approximate surface area is 114 Å². The van der Waals surface area contributed by atoms with Crippen LogP contribution in [0.25, 0.3) is 10.8 Å². The van der Waals surface area contributed by atoms with Gasteiger partial charge in [-0.3, -0.25) is 4.79 Å². The van der Waals surface area contributed by atoms with Gasteiger partial charge in [-0.1, -0.05) is 0 Å². The van der Waals surface area contributed by atoms with E-state index >= 15 is 0 Å². The fraction of sp³-hybridized carbons (Fsp3) is 0.385. The largest absolute Gasteiger partial charge is 0.337 e. The van der Waals surface area contributed by atoms with Crippen molar-refractivity contribution in [1.29, 1.82) is 0 Å². The number of thiazole rings is 1. The fourth-order valence-electron chi connectivity index (χ4n) is 2.61. The topological polar surface area (TPSA) is 59.0 Å². The van der Waals surface area contributed by atoms with Gasteiger partial charge in [0.2, 0.25) is 0 Å². The molecule has 3 heterocycles. The van der Waals surface area contributed by atoms with Gasteiger partial charge in [-0.15, -0.1) is 11.3 Å². The van der Waals surface area contributed by atoms with E-state index in [1.807, 2.05) is 4.90 Å². The number of aromatic nitrogens is 3. The first kappa shape index (κ1) is 11.0. The monoisotopic (exact) mass is 272 g/mol. The van der Waals surface area contributed by atoms with Gasteiger partial charge in [0.15, 0.2) is 10.8 Å². The van der Waals surface area contributed by atoms with E-state index in [1.54, 1.807) is 23.8 Å². The standard InChI is InChI=1S/C13H12N4OS/c18-13(17-5-8-4-9(8)6-17)10-7-19-12(16-10)11-14-2-1-3-15-11/h1-3,7-9H,4-6H2. The molecule has 6 heteroatoms. The minimum Gasteiger partial charge on any atom is -0.337 e. The van der Waals surface area contributed by atoms with E-state index in [0.29, 0.717) is 16.5 Å². The van der Waals surface area contributed by atoms with Crippen LogP contribution in [-0.4, -0.2) is 38.8 Å². The maximum absolute atomic E-state index is 12.3. The van der Waals surface area contributed by atoms with Gasteiger partial charge in [0.1, 0.15) is 5.69 Å². The smallest absolute Gasteiger partial charge is 0.273 e. The quantitative estimate of drug-likeness (QED) is 0.834. The number of hydrogen-bond acceptors (Lipinski definition) is 5. The van der Waals surface area contributed by atoms with E-state index in [4.69, 9.17) is 0 Å². The summed E-state index contributed by atoms with van der Waals surface area (Å²) in [5, 5.41) is 2.51. The number of fused-ring (bicyclic) bond motifs is 1. The summed E-state index contributed by atoms with van der Waals surface area (Å²) in [6, 6.07) is 1.76. The molecule has 0 radical (unpaired) electrons. The third kappa shape index (κ3) is 1.92. The van der Waals surface area contributed by atoms with E-state index in [-0.39, 0.29) is 5.91 Å². The number of likely N-dealkylation sites (tertiary alicyclic amines) is 1. The molecule has 19 heavy (non-hydrogen) atoms. The molecule has 1 saturated heterocycles. The number of piperidine rings is 1. The van der Waals surface area contributed by atoms with Crippen LogP contribution in [0.1, 0.15) is 16.9 Å². The predicted molar refractivity (Wildman–Crippen MR) is 70.6 cm³/mol. The molecule has 2 aliphatic rings. The Balaban J connectivity index is 1.56. The van der Waals surface area contributed by atoms with Crippen molar-refractivity contribution >= 4 is 17.2 Å². The predicted octanol–water partition coefficient (Wildman–Crippen LogP) is 1.69. The van der Waals surface area contributed by atoms with E-state index < -0.39 is 0 Å². The SMILES string of the molecule is O=C(c1csc(-c2ncccn2)n1)N1CC2CC2C1. The number of amides is 1. The molecule has 96 valence electrons. The lowest BCUT2D eigenvalue weighted by atomic mass is 10.3. The van der Waals surface area contributed by atoms with Gasteiger partial charge in [0.05, 0.1) is 0 Å². The second-order valence-corrected chi connectivity index (χ2v) is 5.93. The van der Waals surface area contributed by atoms with E-state index in [9.17, 15) is 4.79 Å². The van der Waals surface area contributed by atoms with E-state index in [2.05, 4.69) is 15.0 Å². The Bertz CT molecular complexity index is 617. The summed E-state index contributed by atoms with van der Waals surface area (Å²) in [6.45, 7) is 1.80. The molecule has 2 aromatic heterocycles. The van der Waals surface area contributed by atoms with Crippen molar-refractivity contribution in [3.05, 3.63) is 29.5 Å². The molecular weight excluding hydrogens is 260 g/mol. The Morgan fingerprint density at radius 3 is 2.74 bits per heavy atom. The first-order valence-electron chi connectivity index (χ1n) is 6.33. The van der Waals surface area contributed by atoms with Crippen LogP contribution in [0.15, 0.2) is 23.8 Å². The zero-order valence-corrected chi connectivity index (χ0v) is 11.0. The van der Waals surface area contributed by atoms with Crippen molar-refractivity contribution in [2.45, 2.75) is 6.42 Å². The van der Waals surface area contributed by atoms with Gasteiger partial charge in [-0.2, -0.15) is 0 Å². The molecular formula is C13H12N4OS. The van der Waals surface area contributed by atoms with Gasteiger partial charge in [-0.25, -0.2) is 15.0 Å². The molecule has 1 aliphatic carbocycles. The van der Waals surface area contributed by atoms with Crippen molar-refractivity contribution in [3.8, 4) is 10.8 Å². The minimum atomic E-state index is 0.0469. The summed E-state index contributed by atoms with van der Waals surface area (Å²) < 4.78 is 0. The molecule has 2 aromatic rings. The molecule has 2 fully saturated rings. The van der Waals surface area contributed by atoms with Gasteiger partial charge < -0.3 is 4.90 Å². The van der Waals surface area contributed by atoms with Gasteiger partial charge >= 0.3 is 0 Å². The second kappa shape index (κ2) is 4.09. The molecule has 0 bridgehead atoms. The maximum atomic E-state index is 12.3. The molecule has 2 unspecified atom stereocenters. The van der Waals surface area contributed by atoms with Crippen molar-refractivity contribution in [2.24, 2.45) is 11.8 Å². The average molecular weight is 272 g/mol. The summed E-state index contributed by atoms with van der Waals surface area (Å²) >= 11 is 1.42. The summed E-state index contributed by atoms with van der Waals surface area (Å²) in [5.41, 5.74) is 0.522. The molecule has 1 aliphatic heterocycles. The Morgan fingerprint density at radius 2 is 2.00 bits per heavy atom. The molecule has 0 N–H and O–H groups in total. The third-order valence-corrected chi connectivity index (χ3v) is 4.58. The summed E-state index contributed by atoms with van der Waals surface area (Å²) in [5.74, 6) is 2.13. The van der Waals surface area contributed by atoms with Crippen LogP contribution in [0.3, 0.4) is 0 Å². The molecule has 1 amide bonds. The lowest BCUT2D eigenvalue weighted by molar-refractivity contribution is 0.0770. The van der Waals surface area contributed by atoms with Crippen LogP contribution in [0.2, 0.25) is 0 Å².